The summed E-state index contributed by atoms with van der Waals surface area (Å²) in [5, 5.41) is 14.5. The second-order valence-corrected chi connectivity index (χ2v) is 8.09. The van der Waals surface area contributed by atoms with Crippen molar-refractivity contribution in [2.45, 2.75) is 38.3 Å². The van der Waals surface area contributed by atoms with Gasteiger partial charge >= 0.3 is 0 Å². The largest absolute Gasteiger partial charge is 0.349 e. The number of carbonyl (C=O) groups excluding carboxylic acids is 2. The van der Waals surface area contributed by atoms with Crippen molar-refractivity contribution in [3.05, 3.63) is 58.9 Å². The number of hydrogen-bond acceptors (Lipinski definition) is 4. The van der Waals surface area contributed by atoms with Crippen LogP contribution in [0.4, 0.5) is 0 Å². The third-order valence-electron chi connectivity index (χ3n) is 5.98. The lowest BCUT2D eigenvalue weighted by molar-refractivity contribution is 0.0926. The lowest BCUT2D eigenvalue weighted by Crippen LogP contribution is -2.39. The topological polar surface area (TPSA) is 84.0 Å². The molecular weight excluding hydrogens is 376 g/mol. The third kappa shape index (κ3) is 3.87. The molecule has 1 aromatic heterocycles. The van der Waals surface area contributed by atoms with Crippen molar-refractivity contribution >= 4 is 23.4 Å². The molecule has 2 aliphatic rings. The highest BCUT2D eigenvalue weighted by Crippen LogP contribution is 2.59. The van der Waals surface area contributed by atoms with E-state index in [0.29, 0.717) is 34.0 Å². The maximum absolute atomic E-state index is 12.5. The molecule has 2 saturated carbocycles. The minimum absolute atomic E-state index is 0.0546. The number of nitrogens with one attached hydrogen (secondary N) is 2. The van der Waals surface area contributed by atoms with Crippen LogP contribution in [0, 0.1) is 17.8 Å². The van der Waals surface area contributed by atoms with Crippen molar-refractivity contribution in [3.63, 3.8) is 0 Å². The van der Waals surface area contributed by atoms with Crippen LogP contribution in [0.2, 0.25) is 5.02 Å². The summed E-state index contributed by atoms with van der Waals surface area (Å²) < 4.78 is 0. The van der Waals surface area contributed by atoms with E-state index < -0.39 is 0 Å². The summed E-state index contributed by atoms with van der Waals surface area (Å²) in [6, 6.07) is 10.7. The smallest absolute Gasteiger partial charge is 0.272 e. The molecule has 4 rings (SSSR count). The number of fused-ring (bicyclic) bond motifs is 1. The minimum atomic E-state index is -0.168. The number of nitrogens with zero attached hydrogens (tertiary/aromatic N) is 2. The van der Waals surface area contributed by atoms with Crippen LogP contribution in [0.5, 0.6) is 0 Å². The van der Waals surface area contributed by atoms with Gasteiger partial charge in [-0.3, -0.25) is 9.59 Å². The second kappa shape index (κ2) is 7.87. The maximum Gasteiger partial charge on any atom is 0.272 e. The number of carbonyl (C=O) groups is 2. The summed E-state index contributed by atoms with van der Waals surface area (Å²) in [7, 11) is 0. The Morgan fingerprint density at radius 2 is 1.86 bits per heavy atom. The molecule has 28 heavy (non-hydrogen) atoms. The van der Waals surface area contributed by atoms with Crippen molar-refractivity contribution in [1.82, 2.24) is 20.8 Å². The fourth-order valence-electron chi connectivity index (χ4n) is 4.61. The zero-order valence-corrected chi connectivity index (χ0v) is 16.4. The van der Waals surface area contributed by atoms with Crippen molar-refractivity contribution in [3.8, 4) is 0 Å². The van der Waals surface area contributed by atoms with Crippen molar-refractivity contribution < 1.29 is 9.59 Å². The normalized spacial score (nSPS) is 26.2. The zero-order chi connectivity index (χ0) is 19.7. The fourth-order valence-corrected chi connectivity index (χ4v) is 4.74. The van der Waals surface area contributed by atoms with E-state index in [0.717, 1.165) is 19.3 Å². The van der Waals surface area contributed by atoms with E-state index in [1.54, 1.807) is 42.6 Å². The van der Waals surface area contributed by atoms with E-state index in [2.05, 4.69) is 27.8 Å². The van der Waals surface area contributed by atoms with Crippen LogP contribution < -0.4 is 10.6 Å². The Bertz CT molecular complexity index is 846. The molecular formula is C21H23ClN4O2. The molecule has 6 nitrogen and oxygen atoms in total. The van der Waals surface area contributed by atoms with E-state index in [9.17, 15) is 9.59 Å². The molecule has 2 amide bonds. The van der Waals surface area contributed by atoms with E-state index in [4.69, 9.17) is 11.6 Å². The first-order valence-corrected chi connectivity index (χ1v) is 10.1. The van der Waals surface area contributed by atoms with Crippen LogP contribution in [0.1, 0.15) is 47.0 Å². The van der Waals surface area contributed by atoms with Gasteiger partial charge in [-0.25, -0.2) is 0 Å². The summed E-state index contributed by atoms with van der Waals surface area (Å²) in [5.74, 6) is 1.39. The molecule has 1 aromatic carbocycles. The molecule has 7 heteroatoms. The Hall–Kier alpha value is -2.47. The van der Waals surface area contributed by atoms with Gasteiger partial charge < -0.3 is 10.6 Å². The zero-order valence-electron chi connectivity index (χ0n) is 15.6. The van der Waals surface area contributed by atoms with Gasteiger partial charge in [-0.15, -0.1) is 5.10 Å². The molecule has 0 aliphatic heterocycles. The first-order chi connectivity index (χ1) is 13.6. The molecule has 3 unspecified atom stereocenters. The standard InChI is InChI=1S/C21H23ClN4O2/c1-2-17(25-20(27)12-5-7-13(22)8-6-12)19-15-10-14(11-16(15)19)24-21(28)18-4-3-9-23-26-18/h3-9,14-17,19H,2,10-11H2,1H3,(H,24,28)(H,25,27)/t14?,15-,16+,17?,19?. The van der Waals surface area contributed by atoms with Crippen LogP contribution >= 0.6 is 11.6 Å². The number of rotatable bonds is 6. The Labute approximate surface area is 169 Å². The molecule has 0 radical (unpaired) electrons. The summed E-state index contributed by atoms with van der Waals surface area (Å²) in [6.07, 6.45) is 4.35. The Morgan fingerprint density at radius 1 is 1.14 bits per heavy atom. The highest BCUT2D eigenvalue weighted by atomic mass is 35.5. The maximum atomic E-state index is 12.5. The highest BCUT2D eigenvalue weighted by Gasteiger charge is 2.58. The Morgan fingerprint density at radius 3 is 2.46 bits per heavy atom. The summed E-state index contributed by atoms with van der Waals surface area (Å²) in [4.78, 5) is 24.8. The van der Waals surface area contributed by atoms with Gasteiger partial charge in [-0.2, -0.15) is 5.10 Å². The van der Waals surface area contributed by atoms with Gasteiger partial charge in [0.2, 0.25) is 0 Å². The monoisotopic (exact) mass is 398 g/mol. The van der Waals surface area contributed by atoms with Gasteiger partial charge in [0.1, 0.15) is 0 Å². The SMILES string of the molecule is CCC(NC(=O)c1ccc(Cl)cc1)C1[C@H]2CC(NC(=O)c3cccnn3)C[C@@H]12. The Balaban J connectivity index is 1.30. The van der Waals surface area contributed by atoms with E-state index in [-0.39, 0.29) is 23.9 Å². The first-order valence-electron chi connectivity index (χ1n) is 9.71. The number of halogens is 1. The van der Waals surface area contributed by atoms with E-state index in [1.807, 2.05) is 0 Å². The summed E-state index contributed by atoms with van der Waals surface area (Å²) in [5.41, 5.74) is 0.976. The molecule has 1 heterocycles. The van der Waals surface area contributed by atoms with E-state index in [1.165, 1.54) is 0 Å². The Kier molecular flexibility index (Phi) is 5.31. The number of amides is 2. The number of benzene rings is 1. The van der Waals surface area contributed by atoms with Crippen molar-refractivity contribution in [2.24, 2.45) is 17.8 Å². The lowest BCUT2D eigenvalue weighted by atomic mass is 9.99. The molecule has 0 saturated heterocycles. The quantitative estimate of drug-likeness (QED) is 0.783. The summed E-state index contributed by atoms with van der Waals surface area (Å²) in [6.45, 7) is 2.11. The average Bonchev–Trinajstić information content (AvgIpc) is 3.20. The molecule has 2 aliphatic carbocycles. The van der Waals surface area contributed by atoms with Gasteiger partial charge in [0.25, 0.3) is 11.8 Å². The molecule has 5 atom stereocenters. The molecule has 2 aromatic rings. The fraction of sp³-hybridized carbons (Fsp3) is 0.429. The van der Waals surface area contributed by atoms with Crippen LogP contribution in [-0.4, -0.2) is 34.1 Å². The number of aromatic nitrogens is 2. The lowest BCUT2D eigenvalue weighted by Gasteiger charge is -2.22. The highest BCUT2D eigenvalue weighted by molar-refractivity contribution is 6.30. The van der Waals surface area contributed by atoms with Crippen LogP contribution in [-0.2, 0) is 0 Å². The summed E-state index contributed by atoms with van der Waals surface area (Å²) >= 11 is 5.89. The van der Waals surface area contributed by atoms with Gasteiger partial charge in [0, 0.05) is 28.9 Å². The van der Waals surface area contributed by atoms with E-state index >= 15 is 0 Å². The predicted octanol–water partition coefficient (Wildman–Crippen LogP) is 3.09. The van der Waals surface area contributed by atoms with Crippen molar-refractivity contribution in [2.75, 3.05) is 0 Å². The van der Waals surface area contributed by atoms with Gasteiger partial charge in [0.15, 0.2) is 5.69 Å². The van der Waals surface area contributed by atoms with Gasteiger partial charge in [-0.1, -0.05) is 18.5 Å². The minimum Gasteiger partial charge on any atom is -0.349 e. The second-order valence-electron chi connectivity index (χ2n) is 7.65. The van der Waals surface area contributed by atoms with Crippen LogP contribution in [0.25, 0.3) is 0 Å². The van der Waals surface area contributed by atoms with Gasteiger partial charge in [0.05, 0.1) is 0 Å². The third-order valence-corrected chi connectivity index (χ3v) is 6.23. The van der Waals surface area contributed by atoms with Gasteiger partial charge in [-0.05, 0) is 73.4 Å². The van der Waals surface area contributed by atoms with Crippen molar-refractivity contribution in [1.29, 1.82) is 0 Å². The molecule has 0 spiro atoms. The molecule has 2 fully saturated rings. The molecule has 146 valence electrons. The first kappa shape index (κ1) is 18.9. The van der Waals surface area contributed by atoms with Crippen LogP contribution in [0.15, 0.2) is 42.6 Å². The molecule has 0 bridgehead atoms. The van der Waals surface area contributed by atoms with Crippen LogP contribution in [0.3, 0.4) is 0 Å². The predicted molar refractivity (Wildman–Crippen MR) is 106 cm³/mol. The number of hydrogen-bond donors (Lipinski definition) is 2. The average molecular weight is 399 g/mol. The molecule has 2 N–H and O–H groups in total.